The van der Waals surface area contributed by atoms with Gasteiger partial charge in [0, 0.05) is 16.7 Å². The van der Waals surface area contributed by atoms with E-state index in [-0.39, 0.29) is 29.3 Å². The molecule has 6 nitrogen and oxygen atoms in total. The second kappa shape index (κ2) is 20.0. The fourth-order valence-corrected chi connectivity index (χ4v) is 8.97. The van der Waals surface area contributed by atoms with Crippen molar-refractivity contribution in [2.75, 3.05) is 0 Å². The van der Waals surface area contributed by atoms with Gasteiger partial charge in [-0.15, -0.1) is 0 Å². The fraction of sp³-hybridized carbons (Fsp3) is 0.200. The lowest BCUT2D eigenvalue weighted by atomic mass is 10.0. The van der Waals surface area contributed by atoms with E-state index in [4.69, 9.17) is 26.8 Å². The average Bonchev–Trinajstić information content (AvgIpc) is 3.20. The summed E-state index contributed by atoms with van der Waals surface area (Å²) in [6.45, 7) is 13.8. The average molecular weight is 797 g/mol. The maximum Gasteiger partial charge on any atom is 0.530 e. The lowest BCUT2D eigenvalue weighted by Crippen LogP contribution is -2.18. The highest BCUT2D eigenvalue weighted by molar-refractivity contribution is 7.43. The second-order valence-corrected chi connectivity index (χ2v) is 17.4. The zero-order chi connectivity index (χ0) is 38.6. The van der Waals surface area contributed by atoms with Gasteiger partial charge in [0.05, 0.1) is 19.8 Å². The van der Waals surface area contributed by atoms with Crippen molar-refractivity contribution in [3.63, 3.8) is 0 Å². The minimum atomic E-state index is -2.04. The number of rotatable bonds is 18. The van der Waals surface area contributed by atoms with Crippen LogP contribution in [0.2, 0.25) is 0 Å². The first-order chi connectivity index (χ1) is 26.8. The topological polar surface area (TPSA) is 55.4 Å². The maximum absolute atomic E-state index is 6.86. The summed E-state index contributed by atoms with van der Waals surface area (Å²) in [4.78, 5) is 0. The molecule has 0 N–H and O–H groups in total. The van der Waals surface area contributed by atoms with Crippen molar-refractivity contribution in [1.29, 1.82) is 0 Å². The molecule has 0 amide bonds. The summed E-state index contributed by atoms with van der Waals surface area (Å²) >= 11 is 0. The summed E-state index contributed by atoms with van der Waals surface area (Å²) in [6, 6.07) is 42.9. The van der Waals surface area contributed by atoms with Crippen LogP contribution in [0.15, 0.2) is 127 Å². The summed E-state index contributed by atoms with van der Waals surface area (Å²) in [5.74, 6) is 1.98. The molecule has 0 saturated heterocycles. The van der Waals surface area contributed by atoms with Crippen molar-refractivity contribution in [2.45, 2.75) is 61.4 Å². The third kappa shape index (κ3) is 11.1. The predicted molar refractivity (Wildman–Crippen MR) is 226 cm³/mol. The second-order valence-electron chi connectivity index (χ2n) is 13.2. The van der Waals surface area contributed by atoms with E-state index in [0.717, 1.165) is 65.6 Å². The summed E-state index contributed by atoms with van der Waals surface area (Å²) < 4.78 is 39.5. The van der Waals surface area contributed by atoms with Crippen molar-refractivity contribution < 1.29 is 26.8 Å². The summed E-state index contributed by atoms with van der Waals surface area (Å²) in [7, 11) is -1.44. The van der Waals surface area contributed by atoms with E-state index in [9.17, 15) is 0 Å². The van der Waals surface area contributed by atoms with Crippen molar-refractivity contribution >= 4 is 53.5 Å². The van der Waals surface area contributed by atoms with Crippen LogP contribution in [0.5, 0.6) is 17.2 Å². The molecule has 0 aliphatic heterocycles. The zero-order valence-corrected chi connectivity index (χ0v) is 36.0. The molecule has 0 aromatic heterocycles. The van der Waals surface area contributed by atoms with E-state index >= 15 is 0 Å². The Hall–Kier alpha value is -4.32. The van der Waals surface area contributed by atoms with Crippen LogP contribution in [0.1, 0.15) is 50.1 Å². The van der Waals surface area contributed by atoms with Gasteiger partial charge in [0.25, 0.3) is 29.3 Å². The number of hydrogen-bond donors (Lipinski definition) is 0. The summed E-state index contributed by atoms with van der Waals surface area (Å²) in [6.07, 6.45) is 0. The highest BCUT2D eigenvalue weighted by Gasteiger charge is 2.27. The van der Waals surface area contributed by atoms with E-state index in [0.29, 0.717) is 37.1 Å². The number of aryl methyl sites for hydroxylation is 3. The molecular formula is C45H45O6PSi3. The van der Waals surface area contributed by atoms with Gasteiger partial charge in [-0.1, -0.05) is 109 Å². The molecule has 0 fully saturated rings. The molecule has 278 valence electrons. The maximum atomic E-state index is 6.86. The SMILES string of the molecule is Cc1ccc(OP(Oc2ccc(C)c(C)c2CO[Si]c2ccccc2)Oc2ccc(C)c(C)c2CO[Si]c2ccccc2)c(CO[Si]c2ccccc2)c1C. The van der Waals surface area contributed by atoms with Gasteiger partial charge in [-0.25, -0.2) is 0 Å². The molecule has 0 bridgehead atoms. The minimum Gasteiger partial charge on any atom is -0.408 e. The smallest absolute Gasteiger partial charge is 0.408 e. The highest BCUT2D eigenvalue weighted by Crippen LogP contribution is 2.47. The molecule has 55 heavy (non-hydrogen) atoms. The molecule has 0 aliphatic rings. The fourth-order valence-electron chi connectivity index (χ4n) is 5.73. The van der Waals surface area contributed by atoms with Gasteiger partial charge in [0.2, 0.25) is 0 Å². The molecular weight excluding hydrogens is 752 g/mol. The first-order valence-electron chi connectivity index (χ1n) is 18.2. The van der Waals surface area contributed by atoms with E-state index in [1.165, 1.54) is 0 Å². The third-order valence-electron chi connectivity index (χ3n) is 9.54. The van der Waals surface area contributed by atoms with Crippen LogP contribution in [0, 0.1) is 41.5 Å². The van der Waals surface area contributed by atoms with Crippen LogP contribution in [-0.2, 0) is 33.1 Å². The van der Waals surface area contributed by atoms with E-state index in [2.05, 4.69) is 96.1 Å². The Morgan fingerprint density at radius 1 is 0.364 bits per heavy atom. The Morgan fingerprint density at radius 2 is 0.636 bits per heavy atom. The lowest BCUT2D eigenvalue weighted by Gasteiger charge is -2.24. The Labute approximate surface area is 335 Å². The first kappa shape index (κ1) is 40.3. The van der Waals surface area contributed by atoms with E-state index in [1.807, 2.05) is 72.8 Å². The van der Waals surface area contributed by atoms with Crippen LogP contribution in [0.25, 0.3) is 0 Å². The molecule has 6 aromatic rings. The largest absolute Gasteiger partial charge is 0.530 e. The Bertz CT molecular complexity index is 1910. The van der Waals surface area contributed by atoms with Crippen LogP contribution >= 0.6 is 8.60 Å². The monoisotopic (exact) mass is 796 g/mol. The van der Waals surface area contributed by atoms with Crippen molar-refractivity contribution in [3.8, 4) is 17.2 Å². The van der Waals surface area contributed by atoms with E-state index < -0.39 is 8.60 Å². The minimum absolute atomic E-state index is 0.201. The van der Waals surface area contributed by atoms with Gasteiger partial charge < -0.3 is 26.8 Å². The van der Waals surface area contributed by atoms with Crippen LogP contribution in [-0.4, -0.2) is 29.3 Å². The Kier molecular flexibility index (Phi) is 14.7. The first-order valence-corrected chi connectivity index (χ1v) is 22.0. The molecule has 0 aliphatic carbocycles. The van der Waals surface area contributed by atoms with Crippen LogP contribution < -0.4 is 29.1 Å². The van der Waals surface area contributed by atoms with Crippen LogP contribution in [0.4, 0.5) is 0 Å². The van der Waals surface area contributed by atoms with Crippen LogP contribution in [0.3, 0.4) is 0 Å². The molecule has 0 heterocycles. The molecule has 6 radical (unpaired) electrons. The molecule has 0 atom stereocenters. The van der Waals surface area contributed by atoms with Crippen molar-refractivity contribution in [2.24, 2.45) is 0 Å². The van der Waals surface area contributed by atoms with Gasteiger partial charge in [0.15, 0.2) is 0 Å². The van der Waals surface area contributed by atoms with Crippen molar-refractivity contribution in [3.05, 3.63) is 177 Å². The normalized spacial score (nSPS) is 11.2. The van der Waals surface area contributed by atoms with Gasteiger partial charge in [-0.2, -0.15) is 0 Å². The quantitative estimate of drug-likeness (QED) is 0.0642. The molecule has 6 rings (SSSR count). The van der Waals surface area contributed by atoms with E-state index in [1.54, 1.807) is 0 Å². The van der Waals surface area contributed by atoms with Gasteiger partial charge >= 0.3 is 8.60 Å². The molecule has 0 unspecified atom stereocenters. The van der Waals surface area contributed by atoms with Gasteiger partial charge in [0.1, 0.15) is 17.2 Å². The third-order valence-corrected chi connectivity index (χ3v) is 13.1. The summed E-state index contributed by atoms with van der Waals surface area (Å²) in [5.41, 5.74) is 9.66. The standard InChI is InChI=1S/C45H45O6PSi3/c1-31-22-25-43(40(34(31)4)28-46-53-37-16-10-7-11-17-37)49-52(50-44-26-23-32(2)35(5)41(44)29-47-54-38-18-12-8-13-19-38)51-45-27-24-33(3)36(6)42(45)30-48-55-39-20-14-9-15-21-39/h7-27H,28-30H2,1-6H3. The van der Waals surface area contributed by atoms with Gasteiger partial charge in [-0.3, -0.25) is 0 Å². The Morgan fingerprint density at radius 3 is 0.909 bits per heavy atom. The van der Waals surface area contributed by atoms with Crippen molar-refractivity contribution in [1.82, 2.24) is 0 Å². The number of benzene rings is 6. The Balaban J connectivity index is 1.31. The highest BCUT2D eigenvalue weighted by atomic mass is 31.2. The number of hydrogen-bond acceptors (Lipinski definition) is 6. The predicted octanol–water partition coefficient (Wildman–Crippen LogP) is 8.68. The zero-order valence-electron chi connectivity index (χ0n) is 32.1. The van der Waals surface area contributed by atoms with Gasteiger partial charge in [-0.05, 0) is 109 Å². The molecule has 10 heteroatoms. The molecule has 0 spiro atoms. The summed E-state index contributed by atoms with van der Waals surface area (Å²) in [5, 5.41) is 3.41. The molecule has 6 aromatic carbocycles. The lowest BCUT2D eigenvalue weighted by molar-refractivity contribution is 0.311. The molecule has 0 saturated carbocycles.